The van der Waals surface area contributed by atoms with Crippen molar-refractivity contribution < 1.29 is 14.3 Å². The molecule has 2 aliphatic heterocycles. The summed E-state index contributed by atoms with van der Waals surface area (Å²) in [4.78, 5) is 12.5. The highest BCUT2D eigenvalue weighted by Crippen LogP contribution is 2.36. The Labute approximate surface area is 131 Å². The van der Waals surface area contributed by atoms with Gasteiger partial charge in [0.25, 0.3) is 0 Å². The molecule has 0 spiro atoms. The number of halogens is 2. The molecule has 2 fully saturated rings. The van der Waals surface area contributed by atoms with Crippen molar-refractivity contribution in [1.29, 1.82) is 0 Å². The van der Waals surface area contributed by atoms with E-state index in [0.717, 1.165) is 25.7 Å². The molecule has 2 heterocycles. The Balaban J connectivity index is 1.69. The molecule has 0 aliphatic carbocycles. The predicted molar refractivity (Wildman–Crippen MR) is 80.5 cm³/mol. The highest BCUT2D eigenvalue weighted by atomic mass is 79.9. The highest BCUT2D eigenvalue weighted by molar-refractivity contribution is 9.09. The summed E-state index contributed by atoms with van der Waals surface area (Å²) in [5.41, 5.74) is 0.492. The van der Waals surface area contributed by atoms with Gasteiger partial charge < -0.3 is 9.47 Å². The van der Waals surface area contributed by atoms with Gasteiger partial charge in [-0.3, -0.25) is 0 Å². The zero-order chi connectivity index (χ0) is 14.1. The van der Waals surface area contributed by atoms with Crippen LogP contribution in [0.2, 0.25) is 5.02 Å². The number of carbonyl (C=O) groups excluding carboxylic acids is 1. The SMILES string of the molecule is O=C(O[C@@H]1CC[C@H](Br)[C@@H]2CC[C@H]1O2)c1cccc(Cl)c1. The number of esters is 1. The van der Waals surface area contributed by atoms with Gasteiger partial charge in [-0.25, -0.2) is 4.79 Å². The van der Waals surface area contributed by atoms with Crippen LogP contribution in [0, 0.1) is 0 Å². The molecule has 2 bridgehead atoms. The van der Waals surface area contributed by atoms with E-state index in [4.69, 9.17) is 21.1 Å². The lowest BCUT2D eigenvalue weighted by molar-refractivity contribution is -0.0388. The summed E-state index contributed by atoms with van der Waals surface area (Å²) in [6, 6.07) is 6.84. The van der Waals surface area contributed by atoms with Crippen molar-refractivity contribution in [3.63, 3.8) is 0 Å². The summed E-state index contributed by atoms with van der Waals surface area (Å²) >= 11 is 9.56. The number of fused-ring (bicyclic) bond motifs is 2. The van der Waals surface area contributed by atoms with E-state index in [-0.39, 0.29) is 24.3 Å². The smallest absolute Gasteiger partial charge is 0.338 e. The Morgan fingerprint density at radius 3 is 2.85 bits per heavy atom. The molecule has 1 aromatic carbocycles. The van der Waals surface area contributed by atoms with Gasteiger partial charge in [-0.05, 0) is 43.9 Å². The first-order chi connectivity index (χ1) is 9.63. The molecule has 0 unspecified atom stereocenters. The molecule has 5 heteroatoms. The van der Waals surface area contributed by atoms with Crippen LogP contribution >= 0.6 is 27.5 Å². The summed E-state index contributed by atoms with van der Waals surface area (Å²) in [5.74, 6) is -0.322. The molecular formula is C15H16BrClO3. The van der Waals surface area contributed by atoms with Gasteiger partial charge in [0.15, 0.2) is 0 Å². The fourth-order valence-corrected chi connectivity index (χ4v) is 3.72. The van der Waals surface area contributed by atoms with E-state index in [1.807, 2.05) is 0 Å². The van der Waals surface area contributed by atoms with Crippen molar-refractivity contribution in [3.05, 3.63) is 34.9 Å². The van der Waals surface area contributed by atoms with Gasteiger partial charge in [-0.1, -0.05) is 33.6 Å². The topological polar surface area (TPSA) is 35.5 Å². The molecular weight excluding hydrogens is 344 g/mol. The second-order valence-corrected chi connectivity index (χ2v) is 6.95. The lowest BCUT2D eigenvalue weighted by Gasteiger charge is -2.21. The third-order valence-electron chi connectivity index (χ3n) is 3.95. The number of ether oxygens (including phenoxy) is 2. The summed E-state index contributed by atoms with van der Waals surface area (Å²) < 4.78 is 11.6. The summed E-state index contributed by atoms with van der Waals surface area (Å²) in [6.07, 6.45) is 3.93. The van der Waals surface area contributed by atoms with Crippen LogP contribution in [-0.2, 0) is 9.47 Å². The molecule has 0 saturated carbocycles. The number of hydrogen-bond donors (Lipinski definition) is 0. The largest absolute Gasteiger partial charge is 0.456 e. The normalized spacial score (nSPS) is 32.7. The van der Waals surface area contributed by atoms with Crippen LogP contribution in [0.4, 0.5) is 0 Å². The van der Waals surface area contributed by atoms with Crippen LogP contribution in [0.5, 0.6) is 0 Å². The Morgan fingerprint density at radius 2 is 2.05 bits per heavy atom. The fourth-order valence-electron chi connectivity index (χ4n) is 2.88. The molecule has 2 saturated heterocycles. The molecule has 4 atom stereocenters. The third-order valence-corrected chi connectivity index (χ3v) is 5.23. The first-order valence-corrected chi connectivity index (χ1v) is 8.19. The third kappa shape index (κ3) is 3.02. The number of rotatable bonds is 2. The number of benzene rings is 1. The standard InChI is InChI=1S/C15H16BrClO3/c16-11-4-5-14(13-7-6-12(11)19-13)20-15(18)9-2-1-3-10(17)8-9/h1-3,8,11-14H,4-7H2/t11-,12-,13+,14+/m0/s1. The molecule has 0 aromatic heterocycles. The maximum Gasteiger partial charge on any atom is 0.338 e. The number of carbonyl (C=O) groups is 1. The van der Waals surface area contributed by atoms with Crippen molar-refractivity contribution in [3.8, 4) is 0 Å². The maximum absolute atomic E-state index is 12.2. The van der Waals surface area contributed by atoms with Crippen LogP contribution in [0.1, 0.15) is 36.0 Å². The van der Waals surface area contributed by atoms with E-state index >= 15 is 0 Å². The minimum atomic E-state index is -0.322. The first kappa shape index (κ1) is 14.4. The van der Waals surface area contributed by atoms with E-state index in [1.54, 1.807) is 24.3 Å². The second kappa shape index (κ2) is 6.04. The molecule has 3 rings (SSSR count). The Morgan fingerprint density at radius 1 is 1.25 bits per heavy atom. The molecule has 0 radical (unpaired) electrons. The van der Waals surface area contributed by atoms with Crippen LogP contribution in [-0.4, -0.2) is 29.1 Å². The van der Waals surface area contributed by atoms with E-state index in [0.29, 0.717) is 15.4 Å². The van der Waals surface area contributed by atoms with Gasteiger partial charge in [-0.2, -0.15) is 0 Å². The van der Waals surface area contributed by atoms with Gasteiger partial charge in [0.1, 0.15) is 6.10 Å². The summed E-state index contributed by atoms with van der Waals surface area (Å²) in [7, 11) is 0. The number of hydrogen-bond acceptors (Lipinski definition) is 3. The Bertz CT molecular complexity index is 508. The lowest BCUT2D eigenvalue weighted by atomic mass is 9.98. The fraction of sp³-hybridized carbons (Fsp3) is 0.533. The van der Waals surface area contributed by atoms with Crippen LogP contribution in [0.25, 0.3) is 0 Å². The highest BCUT2D eigenvalue weighted by Gasteiger charge is 2.40. The van der Waals surface area contributed by atoms with Crippen LogP contribution in [0.15, 0.2) is 24.3 Å². The predicted octanol–water partition coefficient (Wildman–Crippen LogP) is 3.97. The van der Waals surface area contributed by atoms with Gasteiger partial charge >= 0.3 is 5.97 Å². The summed E-state index contributed by atoms with van der Waals surface area (Å²) in [5, 5.41) is 0.540. The molecule has 108 valence electrons. The van der Waals surface area contributed by atoms with Gasteiger partial charge in [-0.15, -0.1) is 0 Å². The molecule has 0 amide bonds. The van der Waals surface area contributed by atoms with E-state index in [9.17, 15) is 4.79 Å². The van der Waals surface area contributed by atoms with Crippen molar-refractivity contribution in [2.45, 2.75) is 48.8 Å². The molecule has 1 aromatic rings. The van der Waals surface area contributed by atoms with Crippen molar-refractivity contribution in [1.82, 2.24) is 0 Å². The minimum Gasteiger partial charge on any atom is -0.456 e. The Hall–Kier alpha value is -0.580. The van der Waals surface area contributed by atoms with Crippen LogP contribution < -0.4 is 0 Å². The van der Waals surface area contributed by atoms with Gasteiger partial charge in [0, 0.05) is 9.85 Å². The maximum atomic E-state index is 12.2. The van der Waals surface area contributed by atoms with Gasteiger partial charge in [0.05, 0.1) is 17.8 Å². The van der Waals surface area contributed by atoms with Crippen LogP contribution in [0.3, 0.4) is 0 Å². The molecule has 20 heavy (non-hydrogen) atoms. The number of alkyl halides is 1. The van der Waals surface area contributed by atoms with Gasteiger partial charge in [0.2, 0.25) is 0 Å². The van der Waals surface area contributed by atoms with E-state index < -0.39 is 0 Å². The minimum absolute atomic E-state index is 0.0330. The molecule has 0 N–H and O–H groups in total. The lowest BCUT2D eigenvalue weighted by Crippen LogP contribution is -2.30. The Kier molecular flexibility index (Phi) is 4.34. The average molecular weight is 360 g/mol. The van der Waals surface area contributed by atoms with Crippen molar-refractivity contribution >= 4 is 33.5 Å². The first-order valence-electron chi connectivity index (χ1n) is 6.89. The van der Waals surface area contributed by atoms with E-state index in [1.165, 1.54) is 0 Å². The van der Waals surface area contributed by atoms with Crippen molar-refractivity contribution in [2.75, 3.05) is 0 Å². The summed E-state index contributed by atoms with van der Waals surface area (Å²) in [6.45, 7) is 0. The van der Waals surface area contributed by atoms with Crippen molar-refractivity contribution in [2.24, 2.45) is 0 Å². The van der Waals surface area contributed by atoms with E-state index in [2.05, 4.69) is 15.9 Å². The zero-order valence-corrected chi connectivity index (χ0v) is 13.3. The molecule has 3 nitrogen and oxygen atoms in total. The average Bonchev–Trinajstić information content (AvgIpc) is 2.87. The second-order valence-electron chi connectivity index (χ2n) is 5.34. The quantitative estimate of drug-likeness (QED) is 0.592. The molecule has 2 aliphatic rings. The monoisotopic (exact) mass is 358 g/mol. The zero-order valence-electron chi connectivity index (χ0n) is 10.9.